The third kappa shape index (κ3) is 1.84. The van der Waals surface area contributed by atoms with E-state index < -0.39 is 0 Å². The van der Waals surface area contributed by atoms with Crippen molar-refractivity contribution in [1.82, 2.24) is 4.57 Å². The van der Waals surface area contributed by atoms with Crippen LogP contribution < -0.4 is 0 Å². The van der Waals surface area contributed by atoms with Gasteiger partial charge >= 0.3 is 0 Å². The largest absolute Gasteiger partial charge is 0.316 e. The zero-order chi connectivity index (χ0) is 12.4. The van der Waals surface area contributed by atoms with Crippen LogP contribution in [0.15, 0.2) is 72.9 Å². The fourth-order valence-corrected chi connectivity index (χ4v) is 2.30. The summed E-state index contributed by atoms with van der Waals surface area (Å²) in [5.41, 5.74) is 5.01. The van der Waals surface area contributed by atoms with Crippen LogP contribution >= 0.6 is 0 Å². The minimum absolute atomic E-state index is 1.20. The normalized spacial score (nSPS) is 10.5. The van der Waals surface area contributed by atoms with Crippen LogP contribution in [0, 0.1) is 6.92 Å². The van der Waals surface area contributed by atoms with E-state index in [0.717, 1.165) is 0 Å². The molecule has 0 atom stereocenters. The summed E-state index contributed by atoms with van der Waals surface area (Å²) in [6.07, 6.45) is 2.13. The molecule has 0 amide bonds. The Morgan fingerprint density at radius 1 is 0.722 bits per heavy atom. The molecule has 0 aliphatic heterocycles. The van der Waals surface area contributed by atoms with Crippen molar-refractivity contribution in [2.75, 3.05) is 0 Å². The molecule has 0 fully saturated rings. The molecule has 3 rings (SSSR count). The van der Waals surface area contributed by atoms with E-state index in [9.17, 15) is 0 Å². The minimum atomic E-state index is 1.20. The molecule has 88 valence electrons. The molecule has 18 heavy (non-hydrogen) atoms. The highest BCUT2D eigenvalue weighted by atomic mass is 15.0. The summed E-state index contributed by atoms with van der Waals surface area (Å²) >= 11 is 0. The maximum absolute atomic E-state index is 2.24. The third-order valence-corrected chi connectivity index (χ3v) is 3.17. The van der Waals surface area contributed by atoms with Gasteiger partial charge in [0.15, 0.2) is 0 Å². The van der Waals surface area contributed by atoms with Crippen molar-refractivity contribution in [3.63, 3.8) is 0 Å². The van der Waals surface area contributed by atoms with Crippen LogP contribution in [0.3, 0.4) is 0 Å². The number of nitrogens with zero attached hydrogens (tertiary/aromatic N) is 1. The maximum atomic E-state index is 2.24. The summed E-state index contributed by atoms with van der Waals surface area (Å²) in [7, 11) is 0. The van der Waals surface area contributed by atoms with E-state index in [1.54, 1.807) is 0 Å². The Labute approximate surface area is 107 Å². The van der Waals surface area contributed by atoms with E-state index in [2.05, 4.69) is 78.4 Å². The third-order valence-electron chi connectivity index (χ3n) is 3.17. The summed E-state index contributed by atoms with van der Waals surface area (Å²) < 4.78 is 2.24. The van der Waals surface area contributed by atoms with Crippen molar-refractivity contribution in [2.45, 2.75) is 6.92 Å². The predicted octanol–water partition coefficient (Wildman–Crippen LogP) is 4.45. The summed E-state index contributed by atoms with van der Waals surface area (Å²) in [4.78, 5) is 0. The lowest BCUT2D eigenvalue weighted by Crippen LogP contribution is -1.95. The Kier molecular flexibility index (Phi) is 2.73. The summed E-state index contributed by atoms with van der Waals surface area (Å²) in [6.45, 7) is 2.15. The molecule has 0 saturated heterocycles. The molecular weight excluding hydrogens is 218 g/mol. The first-order valence-electron chi connectivity index (χ1n) is 6.15. The first-order chi connectivity index (χ1) is 8.86. The number of benzene rings is 2. The van der Waals surface area contributed by atoms with Crippen molar-refractivity contribution >= 4 is 0 Å². The van der Waals surface area contributed by atoms with Gasteiger partial charge in [-0.25, -0.2) is 0 Å². The Bertz CT molecular complexity index is 636. The summed E-state index contributed by atoms with van der Waals surface area (Å²) in [6, 6.07) is 23.1. The first kappa shape index (κ1) is 10.8. The van der Waals surface area contributed by atoms with Gasteiger partial charge in [0.2, 0.25) is 0 Å². The second-order valence-electron chi connectivity index (χ2n) is 4.42. The number of hydrogen-bond acceptors (Lipinski definition) is 0. The van der Waals surface area contributed by atoms with Gasteiger partial charge in [0, 0.05) is 11.9 Å². The lowest BCUT2D eigenvalue weighted by Gasteiger charge is -2.10. The van der Waals surface area contributed by atoms with E-state index >= 15 is 0 Å². The number of para-hydroxylation sites is 1. The monoisotopic (exact) mass is 233 g/mol. The molecule has 1 aromatic heterocycles. The van der Waals surface area contributed by atoms with Gasteiger partial charge in [-0.1, -0.05) is 48.5 Å². The lowest BCUT2D eigenvalue weighted by atomic mass is 10.1. The Hall–Kier alpha value is -2.28. The summed E-state index contributed by atoms with van der Waals surface area (Å²) in [5.74, 6) is 0. The zero-order valence-electron chi connectivity index (χ0n) is 10.4. The topological polar surface area (TPSA) is 4.93 Å². The van der Waals surface area contributed by atoms with Gasteiger partial charge in [0.05, 0.1) is 5.69 Å². The second kappa shape index (κ2) is 4.53. The fraction of sp³-hybridized carbons (Fsp3) is 0.0588. The second-order valence-corrected chi connectivity index (χ2v) is 4.42. The van der Waals surface area contributed by atoms with Gasteiger partial charge in [0.25, 0.3) is 0 Å². The lowest BCUT2D eigenvalue weighted by molar-refractivity contribution is 1.08. The van der Waals surface area contributed by atoms with Gasteiger partial charge in [-0.3, -0.25) is 0 Å². The summed E-state index contributed by atoms with van der Waals surface area (Å²) in [5, 5.41) is 0. The molecule has 0 bridgehead atoms. The quantitative estimate of drug-likeness (QED) is 0.616. The average Bonchev–Trinajstić information content (AvgIpc) is 2.83. The van der Waals surface area contributed by atoms with Gasteiger partial charge in [0.1, 0.15) is 0 Å². The van der Waals surface area contributed by atoms with Crippen molar-refractivity contribution in [1.29, 1.82) is 0 Å². The highest BCUT2D eigenvalue weighted by molar-refractivity contribution is 5.66. The fourth-order valence-electron chi connectivity index (χ4n) is 2.30. The maximum Gasteiger partial charge on any atom is 0.0557 e. The number of hydrogen-bond donors (Lipinski definition) is 0. The van der Waals surface area contributed by atoms with E-state index in [0.29, 0.717) is 0 Å². The zero-order valence-corrected chi connectivity index (χ0v) is 10.4. The molecule has 3 aromatic rings. The smallest absolute Gasteiger partial charge is 0.0557 e. The minimum Gasteiger partial charge on any atom is -0.316 e. The Morgan fingerprint density at radius 3 is 2.00 bits per heavy atom. The Morgan fingerprint density at radius 2 is 1.33 bits per heavy atom. The van der Waals surface area contributed by atoms with E-state index in [-0.39, 0.29) is 0 Å². The Balaban J connectivity index is 2.19. The molecule has 0 aliphatic rings. The molecule has 0 radical (unpaired) electrons. The van der Waals surface area contributed by atoms with E-state index in [1.807, 2.05) is 6.07 Å². The van der Waals surface area contributed by atoms with Crippen LogP contribution in [0.5, 0.6) is 0 Å². The van der Waals surface area contributed by atoms with Crippen LogP contribution in [-0.2, 0) is 0 Å². The van der Waals surface area contributed by atoms with Crippen molar-refractivity contribution in [2.24, 2.45) is 0 Å². The van der Waals surface area contributed by atoms with Crippen LogP contribution in [0.25, 0.3) is 16.9 Å². The average molecular weight is 233 g/mol. The SMILES string of the molecule is Cc1ccn(-c2ccccc2)c1-c1ccccc1. The highest BCUT2D eigenvalue weighted by Crippen LogP contribution is 2.27. The van der Waals surface area contributed by atoms with Crippen molar-refractivity contribution in [3.8, 4) is 16.9 Å². The van der Waals surface area contributed by atoms with Crippen molar-refractivity contribution in [3.05, 3.63) is 78.5 Å². The van der Waals surface area contributed by atoms with Crippen molar-refractivity contribution < 1.29 is 0 Å². The molecule has 1 heterocycles. The molecule has 1 heteroatoms. The molecule has 2 aromatic carbocycles. The molecule has 0 saturated carbocycles. The van der Waals surface area contributed by atoms with E-state index in [4.69, 9.17) is 0 Å². The standard InChI is InChI=1S/C17H15N/c1-14-12-13-18(16-10-6-3-7-11-16)17(14)15-8-4-2-5-9-15/h2-13H,1H3. The van der Waals surface area contributed by atoms with Gasteiger partial charge in [-0.2, -0.15) is 0 Å². The van der Waals surface area contributed by atoms with Gasteiger partial charge in [-0.05, 0) is 36.2 Å². The van der Waals surface area contributed by atoms with Crippen LogP contribution in [0.1, 0.15) is 5.56 Å². The van der Waals surface area contributed by atoms with Crippen LogP contribution in [-0.4, -0.2) is 4.57 Å². The molecule has 0 N–H and O–H groups in total. The molecule has 0 aliphatic carbocycles. The molecule has 0 spiro atoms. The molecule has 1 nitrogen and oxygen atoms in total. The van der Waals surface area contributed by atoms with Gasteiger partial charge < -0.3 is 4.57 Å². The number of aryl methyl sites for hydroxylation is 1. The number of aromatic nitrogens is 1. The molecular formula is C17H15N. The highest BCUT2D eigenvalue weighted by Gasteiger charge is 2.08. The van der Waals surface area contributed by atoms with Crippen LogP contribution in [0.2, 0.25) is 0 Å². The first-order valence-corrected chi connectivity index (χ1v) is 6.15. The molecule has 0 unspecified atom stereocenters. The number of rotatable bonds is 2. The van der Waals surface area contributed by atoms with Gasteiger partial charge in [-0.15, -0.1) is 0 Å². The van der Waals surface area contributed by atoms with E-state index in [1.165, 1.54) is 22.5 Å². The predicted molar refractivity (Wildman–Crippen MR) is 75.9 cm³/mol. The van der Waals surface area contributed by atoms with Crippen LogP contribution in [0.4, 0.5) is 0 Å².